The number of nitrogens with one attached hydrogen (secondary N) is 1. The van der Waals surface area contributed by atoms with Crippen molar-refractivity contribution >= 4 is 46.7 Å². The number of hydrogen-bond acceptors (Lipinski definition) is 7. The summed E-state index contributed by atoms with van der Waals surface area (Å²) in [5, 5.41) is -0.0521. The molecule has 1 saturated heterocycles. The van der Waals surface area contributed by atoms with Gasteiger partial charge >= 0.3 is 0 Å². The summed E-state index contributed by atoms with van der Waals surface area (Å²) in [6, 6.07) is 4.74. The number of rotatable bonds is 5. The Balaban J connectivity index is 1.61. The molecule has 1 aliphatic heterocycles. The number of fused-ring (bicyclic) bond motifs is 1. The zero-order chi connectivity index (χ0) is 18.5. The van der Waals surface area contributed by atoms with Crippen molar-refractivity contribution in [3.63, 3.8) is 0 Å². The first-order chi connectivity index (χ1) is 12.3. The van der Waals surface area contributed by atoms with Crippen molar-refractivity contribution in [2.24, 2.45) is 0 Å². The third-order valence-electron chi connectivity index (χ3n) is 4.65. The Kier molecular flexibility index (Phi) is 4.47. The van der Waals surface area contributed by atoms with E-state index in [0.717, 1.165) is 11.3 Å². The van der Waals surface area contributed by atoms with E-state index in [1.807, 2.05) is 7.05 Å². The van der Waals surface area contributed by atoms with Gasteiger partial charge in [-0.15, -0.1) is 0 Å². The minimum absolute atomic E-state index is 0.217. The average Bonchev–Trinajstić information content (AvgIpc) is 3.36. The van der Waals surface area contributed by atoms with E-state index >= 15 is 0 Å². The van der Waals surface area contributed by atoms with Crippen molar-refractivity contribution < 1.29 is 16.8 Å². The van der Waals surface area contributed by atoms with Crippen molar-refractivity contribution in [2.45, 2.75) is 23.0 Å². The SMILES string of the molecule is CN1CCN(S(=O)(=O)c2ccc3nc(NS(=O)(=O)C4CC4)sc3c2)CC1. The van der Waals surface area contributed by atoms with E-state index in [2.05, 4.69) is 14.6 Å². The van der Waals surface area contributed by atoms with Crippen molar-refractivity contribution in [3.05, 3.63) is 18.2 Å². The van der Waals surface area contributed by atoms with Gasteiger partial charge in [-0.25, -0.2) is 21.8 Å². The Labute approximate surface area is 156 Å². The molecular formula is C15H20N4O4S3. The highest BCUT2D eigenvalue weighted by atomic mass is 32.2. The molecule has 2 aromatic rings. The maximum absolute atomic E-state index is 12.9. The third kappa shape index (κ3) is 3.46. The van der Waals surface area contributed by atoms with Crippen LogP contribution >= 0.6 is 11.3 Å². The highest BCUT2D eigenvalue weighted by Crippen LogP contribution is 2.33. The van der Waals surface area contributed by atoms with E-state index in [-0.39, 0.29) is 15.3 Å². The van der Waals surface area contributed by atoms with Gasteiger partial charge in [0.15, 0.2) is 5.13 Å². The second-order valence-electron chi connectivity index (χ2n) is 6.70. The van der Waals surface area contributed by atoms with Gasteiger partial charge in [0.1, 0.15) is 0 Å². The minimum atomic E-state index is -3.56. The maximum atomic E-state index is 12.9. The number of sulfonamides is 2. The van der Waals surface area contributed by atoms with Gasteiger partial charge in [-0.1, -0.05) is 11.3 Å². The largest absolute Gasteiger partial charge is 0.304 e. The lowest BCUT2D eigenvalue weighted by Crippen LogP contribution is -2.46. The van der Waals surface area contributed by atoms with Crippen molar-refractivity contribution in [2.75, 3.05) is 37.9 Å². The molecule has 0 unspecified atom stereocenters. The van der Waals surface area contributed by atoms with Crippen molar-refractivity contribution in [3.8, 4) is 0 Å². The topological polar surface area (TPSA) is 99.7 Å². The van der Waals surface area contributed by atoms with E-state index in [0.29, 0.717) is 49.2 Å². The molecule has 1 aromatic heterocycles. The van der Waals surface area contributed by atoms with E-state index in [1.54, 1.807) is 12.1 Å². The quantitative estimate of drug-likeness (QED) is 0.785. The molecule has 0 bridgehead atoms. The first-order valence-corrected chi connectivity index (χ1v) is 12.2. The molecule has 142 valence electrons. The van der Waals surface area contributed by atoms with Gasteiger partial charge in [0.2, 0.25) is 20.0 Å². The Bertz CT molecular complexity index is 1040. The number of hydrogen-bond donors (Lipinski definition) is 1. The average molecular weight is 417 g/mol. The van der Waals surface area contributed by atoms with E-state index in [1.165, 1.54) is 10.4 Å². The summed E-state index contributed by atoms with van der Waals surface area (Å²) in [4.78, 5) is 6.58. The summed E-state index contributed by atoms with van der Waals surface area (Å²) in [5.74, 6) is 0. The van der Waals surface area contributed by atoms with E-state index in [9.17, 15) is 16.8 Å². The summed E-state index contributed by atoms with van der Waals surface area (Å²) < 4.78 is 54.4. The molecule has 1 aromatic carbocycles. The summed E-state index contributed by atoms with van der Waals surface area (Å²) >= 11 is 1.15. The van der Waals surface area contributed by atoms with Gasteiger partial charge in [0, 0.05) is 26.2 Å². The Morgan fingerprint density at radius 3 is 2.46 bits per heavy atom. The fourth-order valence-corrected chi connectivity index (χ4v) is 6.88. The van der Waals surface area contributed by atoms with Gasteiger partial charge in [-0.2, -0.15) is 4.31 Å². The molecule has 8 nitrogen and oxygen atoms in total. The number of aromatic nitrogens is 1. The second-order valence-corrected chi connectivity index (χ2v) is 11.6. The first kappa shape index (κ1) is 18.1. The molecule has 2 fully saturated rings. The smallest absolute Gasteiger partial charge is 0.243 e. The fraction of sp³-hybridized carbons (Fsp3) is 0.533. The molecule has 0 spiro atoms. The van der Waals surface area contributed by atoms with Crippen LogP contribution in [0.2, 0.25) is 0 Å². The lowest BCUT2D eigenvalue weighted by atomic mass is 10.3. The number of nitrogens with zero attached hydrogens (tertiary/aromatic N) is 3. The van der Waals surface area contributed by atoms with E-state index < -0.39 is 20.0 Å². The number of thiazole rings is 1. The highest BCUT2D eigenvalue weighted by Gasteiger charge is 2.36. The molecule has 0 amide bonds. The zero-order valence-electron chi connectivity index (χ0n) is 14.3. The van der Waals surface area contributed by atoms with Gasteiger partial charge in [0.25, 0.3) is 0 Å². The molecule has 1 saturated carbocycles. The summed E-state index contributed by atoms with van der Waals surface area (Å²) in [6.45, 7) is 2.34. The third-order valence-corrected chi connectivity index (χ3v) is 9.44. The van der Waals surface area contributed by atoms with Gasteiger partial charge in [-0.05, 0) is 38.1 Å². The number of anilines is 1. The lowest BCUT2D eigenvalue weighted by Gasteiger charge is -2.31. The molecule has 0 radical (unpaired) electrons. The predicted molar refractivity (Wildman–Crippen MR) is 101 cm³/mol. The summed E-state index contributed by atoms with van der Waals surface area (Å²) in [6.07, 6.45) is 1.35. The maximum Gasteiger partial charge on any atom is 0.243 e. The number of piperazine rings is 1. The van der Waals surface area contributed by atoms with Crippen LogP contribution in [0.25, 0.3) is 10.2 Å². The van der Waals surface area contributed by atoms with Gasteiger partial charge in [0.05, 0.1) is 20.4 Å². The predicted octanol–water partition coefficient (Wildman–Crippen LogP) is 1.14. The minimum Gasteiger partial charge on any atom is -0.304 e. The van der Waals surface area contributed by atoms with Crippen LogP contribution in [0.4, 0.5) is 5.13 Å². The molecule has 4 rings (SSSR count). The number of benzene rings is 1. The standard InChI is InChI=1S/C15H20N4O4S3/c1-18-6-8-19(9-7-18)26(22,23)12-4-5-13-14(10-12)24-15(16-13)17-25(20,21)11-2-3-11/h4-5,10-11H,2-3,6-9H2,1H3,(H,16,17). The zero-order valence-corrected chi connectivity index (χ0v) is 16.7. The Hall–Kier alpha value is -1.27. The van der Waals surface area contributed by atoms with Crippen LogP contribution in [-0.2, 0) is 20.0 Å². The van der Waals surface area contributed by atoms with Gasteiger partial charge in [-0.3, -0.25) is 4.72 Å². The molecule has 2 heterocycles. The van der Waals surface area contributed by atoms with Gasteiger partial charge < -0.3 is 4.90 Å². The Morgan fingerprint density at radius 1 is 1.12 bits per heavy atom. The van der Waals surface area contributed by atoms with Crippen LogP contribution in [0.5, 0.6) is 0 Å². The fourth-order valence-electron chi connectivity index (χ4n) is 2.87. The van der Waals surface area contributed by atoms with Crippen LogP contribution in [0.15, 0.2) is 23.1 Å². The van der Waals surface area contributed by atoms with Crippen LogP contribution in [-0.4, -0.2) is 69.5 Å². The lowest BCUT2D eigenvalue weighted by molar-refractivity contribution is 0.222. The van der Waals surface area contributed by atoms with Crippen molar-refractivity contribution in [1.29, 1.82) is 0 Å². The van der Waals surface area contributed by atoms with Crippen LogP contribution in [0.3, 0.4) is 0 Å². The normalized spacial score (nSPS) is 20.5. The van der Waals surface area contributed by atoms with E-state index in [4.69, 9.17) is 0 Å². The molecule has 1 N–H and O–H groups in total. The molecule has 2 aliphatic rings. The highest BCUT2D eigenvalue weighted by molar-refractivity contribution is 7.93. The first-order valence-electron chi connectivity index (χ1n) is 8.37. The van der Waals surface area contributed by atoms with Crippen LogP contribution < -0.4 is 4.72 Å². The Morgan fingerprint density at radius 2 is 1.81 bits per heavy atom. The molecule has 1 aliphatic carbocycles. The monoisotopic (exact) mass is 416 g/mol. The number of likely N-dealkylation sites (N-methyl/N-ethyl adjacent to an activating group) is 1. The molecular weight excluding hydrogens is 396 g/mol. The molecule has 26 heavy (non-hydrogen) atoms. The van der Waals surface area contributed by atoms with Crippen LogP contribution in [0, 0.1) is 0 Å². The van der Waals surface area contributed by atoms with Crippen LogP contribution in [0.1, 0.15) is 12.8 Å². The summed E-state index contributed by atoms with van der Waals surface area (Å²) in [5.41, 5.74) is 0.584. The molecule has 11 heteroatoms. The van der Waals surface area contributed by atoms with Crippen molar-refractivity contribution in [1.82, 2.24) is 14.2 Å². The second kappa shape index (κ2) is 6.41. The summed E-state index contributed by atoms with van der Waals surface area (Å²) in [7, 11) is -4.97. The molecule has 0 atom stereocenters.